The summed E-state index contributed by atoms with van der Waals surface area (Å²) in [6.45, 7) is 4.00. The molecule has 134 valence electrons. The fraction of sp³-hybridized carbons (Fsp3) is 0.200. The van der Waals surface area contributed by atoms with Crippen molar-refractivity contribution in [2.45, 2.75) is 20.3 Å². The maximum absolute atomic E-state index is 12.6. The van der Waals surface area contributed by atoms with E-state index in [1.54, 1.807) is 7.11 Å². The number of rotatable bonds is 5. The van der Waals surface area contributed by atoms with Crippen LogP contribution in [0.15, 0.2) is 47.6 Å². The second-order valence-corrected chi connectivity index (χ2v) is 7.26. The Balaban J connectivity index is 1.84. The molecule has 0 aliphatic rings. The molecule has 3 rings (SSSR count). The van der Waals surface area contributed by atoms with Gasteiger partial charge < -0.3 is 4.74 Å². The van der Waals surface area contributed by atoms with E-state index in [0.717, 1.165) is 32.7 Å². The van der Waals surface area contributed by atoms with Gasteiger partial charge in [0.15, 0.2) is 0 Å². The maximum Gasteiger partial charge on any atom is 0.283 e. The average molecular weight is 387 g/mol. The van der Waals surface area contributed by atoms with Crippen LogP contribution >= 0.6 is 22.9 Å². The number of hydrazone groups is 1. The zero-order chi connectivity index (χ0) is 18.7. The fourth-order valence-corrected chi connectivity index (χ4v) is 4.12. The smallest absolute Gasteiger partial charge is 0.283 e. The van der Waals surface area contributed by atoms with E-state index in [1.165, 1.54) is 11.3 Å². The second-order valence-electron chi connectivity index (χ2n) is 5.83. The van der Waals surface area contributed by atoms with Gasteiger partial charge in [0.05, 0.1) is 17.8 Å². The summed E-state index contributed by atoms with van der Waals surface area (Å²) in [5.41, 5.74) is 5.49. The lowest BCUT2D eigenvalue weighted by atomic mass is 10.1. The number of ether oxygens (including phenoxy) is 1. The first-order chi connectivity index (χ1) is 12.5. The molecule has 0 saturated carbocycles. The number of nitrogens with one attached hydrogen (secondary N) is 1. The number of thiophene rings is 1. The van der Waals surface area contributed by atoms with Crippen molar-refractivity contribution < 1.29 is 9.53 Å². The van der Waals surface area contributed by atoms with E-state index in [1.807, 2.05) is 56.3 Å². The summed E-state index contributed by atoms with van der Waals surface area (Å²) in [7, 11) is 1.63. The highest BCUT2D eigenvalue weighted by Crippen LogP contribution is 2.35. The molecule has 3 aromatic rings. The lowest BCUT2D eigenvalue weighted by molar-refractivity contribution is 0.0959. The van der Waals surface area contributed by atoms with Crippen LogP contribution in [0, 0.1) is 6.92 Å². The molecule has 0 radical (unpaired) electrons. The third-order valence-electron chi connectivity index (χ3n) is 4.04. The molecule has 0 fully saturated rings. The van der Waals surface area contributed by atoms with Gasteiger partial charge in [0.2, 0.25) is 0 Å². The van der Waals surface area contributed by atoms with Crippen molar-refractivity contribution in [3.05, 3.63) is 63.5 Å². The molecule has 0 saturated heterocycles. The predicted octanol–water partition coefficient (Wildman–Crippen LogP) is 5.42. The van der Waals surface area contributed by atoms with E-state index < -0.39 is 0 Å². The quantitative estimate of drug-likeness (QED) is 0.470. The van der Waals surface area contributed by atoms with Crippen LogP contribution in [0.5, 0.6) is 5.75 Å². The molecule has 1 heterocycles. The Morgan fingerprint density at radius 2 is 1.96 bits per heavy atom. The molecule has 1 N–H and O–H groups in total. The zero-order valence-electron chi connectivity index (χ0n) is 14.8. The number of amides is 1. The Morgan fingerprint density at radius 1 is 1.23 bits per heavy atom. The Labute approximate surface area is 161 Å². The van der Waals surface area contributed by atoms with E-state index in [9.17, 15) is 4.79 Å². The molecule has 0 atom stereocenters. The van der Waals surface area contributed by atoms with E-state index in [4.69, 9.17) is 16.3 Å². The molecule has 0 aliphatic heterocycles. The minimum Gasteiger partial charge on any atom is -0.497 e. The van der Waals surface area contributed by atoms with Crippen LogP contribution in [0.3, 0.4) is 0 Å². The number of nitrogens with zero attached hydrogens (tertiary/aromatic N) is 1. The molecular weight excluding hydrogens is 368 g/mol. The summed E-state index contributed by atoms with van der Waals surface area (Å²) < 4.78 is 6.16. The number of carbonyl (C=O) groups excluding carboxylic acids is 1. The molecule has 1 amide bonds. The van der Waals surface area contributed by atoms with Crippen LogP contribution in [0.4, 0.5) is 0 Å². The van der Waals surface area contributed by atoms with Crippen molar-refractivity contribution in [2.75, 3.05) is 7.11 Å². The molecule has 0 aliphatic carbocycles. The zero-order valence-corrected chi connectivity index (χ0v) is 16.4. The molecule has 6 heteroatoms. The van der Waals surface area contributed by atoms with E-state index in [0.29, 0.717) is 16.3 Å². The van der Waals surface area contributed by atoms with Crippen molar-refractivity contribution in [3.63, 3.8) is 0 Å². The maximum atomic E-state index is 12.6. The van der Waals surface area contributed by atoms with Crippen molar-refractivity contribution in [1.29, 1.82) is 0 Å². The van der Waals surface area contributed by atoms with E-state index >= 15 is 0 Å². The molecule has 0 bridgehead atoms. The first-order valence-electron chi connectivity index (χ1n) is 8.23. The van der Waals surface area contributed by atoms with Gasteiger partial charge in [-0.3, -0.25) is 4.79 Å². The largest absolute Gasteiger partial charge is 0.497 e. The van der Waals surface area contributed by atoms with Gasteiger partial charge in [-0.25, -0.2) is 5.43 Å². The normalized spacial score (nSPS) is 11.6. The highest BCUT2D eigenvalue weighted by molar-refractivity contribution is 7.21. The minimum absolute atomic E-state index is 0.298. The summed E-state index contributed by atoms with van der Waals surface area (Å²) in [5, 5.41) is 5.66. The Morgan fingerprint density at radius 3 is 2.62 bits per heavy atom. The molecule has 0 unspecified atom stereocenters. The van der Waals surface area contributed by atoms with Gasteiger partial charge in [-0.1, -0.05) is 30.7 Å². The molecule has 26 heavy (non-hydrogen) atoms. The number of hydrogen-bond acceptors (Lipinski definition) is 4. The minimum atomic E-state index is -0.298. The molecule has 0 spiro atoms. The Bertz CT molecular complexity index is 977. The lowest BCUT2D eigenvalue weighted by Crippen LogP contribution is -2.19. The van der Waals surface area contributed by atoms with Gasteiger partial charge in [-0.15, -0.1) is 11.3 Å². The highest BCUT2D eigenvalue weighted by Gasteiger charge is 2.17. The Kier molecular flexibility index (Phi) is 5.59. The van der Waals surface area contributed by atoms with Gasteiger partial charge in [-0.2, -0.15) is 5.10 Å². The SMILES string of the molecule is CCC(=NNC(=O)c1sc2cc(C)ccc2c1Cl)c1ccc(OC)cc1. The number of benzene rings is 2. The van der Waals surface area contributed by atoms with Gasteiger partial charge in [0, 0.05) is 10.1 Å². The third kappa shape index (κ3) is 3.74. The van der Waals surface area contributed by atoms with E-state index in [-0.39, 0.29) is 5.91 Å². The number of fused-ring (bicyclic) bond motifs is 1. The standard InChI is InChI=1S/C20H19ClN2O2S/c1-4-16(13-6-8-14(25-3)9-7-13)22-23-20(24)19-18(21)15-10-5-12(2)11-17(15)26-19/h5-11H,4H2,1-3H3,(H,23,24). The molecule has 2 aromatic carbocycles. The van der Waals surface area contributed by atoms with Crippen LogP contribution in [0.2, 0.25) is 5.02 Å². The van der Waals surface area contributed by atoms with Crippen LogP contribution < -0.4 is 10.2 Å². The van der Waals surface area contributed by atoms with Gasteiger partial charge in [0.1, 0.15) is 10.6 Å². The number of halogens is 1. The second kappa shape index (κ2) is 7.89. The van der Waals surface area contributed by atoms with Crippen LogP contribution in [0.25, 0.3) is 10.1 Å². The molecule has 1 aromatic heterocycles. The van der Waals surface area contributed by atoms with Crippen molar-refractivity contribution in [3.8, 4) is 5.75 Å². The van der Waals surface area contributed by atoms with Gasteiger partial charge >= 0.3 is 0 Å². The average Bonchev–Trinajstić information content (AvgIpc) is 2.98. The van der Waals surface area contributed by atoms with Gasteiger partial charge in [0.25, 0.3) is 5.91 Å². The number of carbonyl (C=O) groups is 1. The van der Waals surface area contributed by atoms with Crippen LogP contribution in [-0.2, 0) is 0 Å². The number of hydrogen-bond donors (Lipinski definition) is 1. The first kappa shape index (κ1) is 18.4. The highest BCUT2D eigenvalue weighted by atomic mass is 35.5. The number of aryl methyl sites for hydroxylation is 1. The Hall–Kier alpha value is -2.37. The summed E-state index contributed by atoms with van der Waals surface area (Å²) in [6.07, 6.45) is 0.686. The molecule has 4 nitrogen and oxygen atoms in total. The predicted molar refractivity (Wildman–Crippen MR) is 109 cm³/mol. The third-order valence-corrected chi connectivity index (χ3v) is 5.70. The number of methoxy groups -OCH3 is 1. The summed E-state index contributed by atoms with van der Waals surface area (Å²) in [4.78, 5) is 13.0. The van der Waals surface area contributed by atoms with Crippen LogP contribution in [-0.4, -0.2) is 18.7 Å². The van der Waals surface area contributed by atoms with Crippen molar-refractivity contribution >= 4 is 44.6 Å². The van der Waals surface area contributed by atoms with Crippen LogP contribution in [0.1, 0.15) is 34.1 Å². The summed E-state index contributed by atoms with van der Waals surface area (Å²) in [6, 6.07) is 13.5. The molecular formula is C20H19ClN2O2S. The van der Waals surface area contributed by atoms with Gasteiger partial charge in [-0.05, 0) is 54.8 Å². The monoisotopic (exact) mass is 386 g/mol. The lowest BCUT2D eigenvalue weighted by Gasteiger charge is -2.06. The van der Waals surface area contributed by atoms with Crippen molar-refractivity contribution in [1.82, 2.24) is 5.43 Å². The first-order valence-corrected chi connectivity index (χ1v) is 9.43. The summed E-state index contributed by atoms with van der Waals surface area (Å²) >= 11 is 7.77. The van der Waals surface area contributed by atoms with Crippen molar-refractivity contribution in [2.24, 2.45) is 5.10 Å². The fourth-order valence-electron chi connectivity index (χ4n) is 2.62. The topological polar surface area (TPSA) is 50.7 Å². The summed E-state index contributed by atoms with van der Waals surface area (Å²) in [5.74, 6) is 0.480. The van der Waals surface area contributed by atoms with E-state index in [2.05, 4.69) is 10.5 Å².